The molecule has 3 aromatic rings. The largest absolute Gasteiger partial charge is 0.495 e. The van der Waals surface area contributed by atoms with E-state index in [9.17, 15) is 4.79 Å². The molecule has 124 valence electrons. The number of methoxy groups -OCH3 is 1. The molecule has 2 heterocycles. The molecule has 0 aliphatic rings. The molecule has 1 amide bonds. The van der Waals surface area contributed by atoms with Gasteiger partial charge in [-0.15, -0.1) is 10.2 Å². The molecule has 0 unspecified atom stereocenters. The van der Waals surface area contributed by atoms with Gasteiger partial charge in [0, 0.05) is 0 Å². The van der Waals surface area contributed by atoms with Gasteiger partial charge >= 0.3 is 0 Å². The maximum Gasteiger partial charge on any atom is 0.284 e. The van der Waals surface area contributed by atoms with Crippen molar-refractivity contribution in [1.82, 2.24) is 10.2 Å². The normalized spacial score (nSPS) is 11.9. The molecule has 0 radical (unpaired) electrons. The highest BCUT2D eigenvalue weighted by Gasteiger charge is 2.20. The highest BCUT2D eigenvalue weighted by Crippen LogP contribution is 2.28. The Kier molecular flexibility index (Phi) is 4.85. The van der Waals surface area contributed by atoms with Gasteiger partial charge in [0.15, 0.2) is 5.76 Å². The second kappa shape index (κ2) is 7.22. The Labute approximate surface area is 142 Å². The first-order chi connectivity index (χ1) is 11.7. The van der Waals surface area contributed by atoms with Crippen LogP contribution in [-0.4, -0.2) is 28.5 Å². The van der Waals surface area contributed by atoms with Crippen LogP contribution in [0.1, 0.15) is 6.92 Å². The van der Waals surface area contributed by atoms with E-state index >= 15 is 0 Å². The summed E-state index contributed by atoms with van der Waals surface area (Å²) < 4.78 is 15.9. The first-order valence-electron chi connectivity index (χ1n) is 7.15. The number of thioether (sulfide) groups is 1. The summed E-state index contributed by atoms with van der Waals surface area (Å²) in [7, 11) is 1.55. The topological polar surface area (TPSA) is 90.4 Å². The van der Waals surface area contributed by atoms with Crippen molar-refractivity contribution in [2.24, 2.45) is 0 Å². The summed E-state index contributed by atoms with van der Waals surface area (Å²) in [5.41, 5.74) is 0.610. The van der Waals surface area contributed by atoms with Crippen molar-refractivity contribution in [3.63, 3.8) is 0 Å². The predicted molar refractivity (Wildman–Crippen MR) is 88.9 cm³/mol. The molecule has 1 aromatic carbocycles. The molecule has 0 spiro atoms. The lowest BCUT2D eigenvalue weighted by Gasteiger charge is -2.12. The number of carbonyl (C=O) groups is 1. The molecule has 0 aliphatic heterocycles. The molecule has 3 rings (SSSR count). The van der Waals surface area contributed by atoms with E-state index < -0.39 is 5.25 Å². The Hall–Kier alpha value is -2.74. The number of ether oxygens (including phenoxy) is 1. The standard InChI is InChI=1S/C16H15N3O4S/c1-10(14(20)17-11-6-3-4-7-12(11)21-2)24-16-19-18-15(23-16)13-8-5-9-22-13/h3-10H,1-2H3,(H,17,20)/t10-/m1/s1. The minimum absolute atomic E-state index is 0.192. The summed E-state index contributed by atoms with van der Waals surface area (Å²) in [6.07, 6.45) is 1.52. The van der Waals surface area contributed by atoms with Crippen LogP contribution in [0.15, 0.2) is 56.7 Å². The molecule has 8 heteroatoms. The minimum Gasteiger partial charge on any atom is -0.495 e. The Balaban J connectivity index is 1.64. The first kappa shape index (κ1) is 16.1. The number of furan rings is 1. The van der Waals surface area contributed by atoms with E-state index in [4.69, 9.17) is 13.6 Å². The Morgan fingerprint density at radius 3 is 2.83 bits per heavy atom. The zero-order valence-corrected chi connectivity index (χ0v) is 13.9. The van der Waals surface area contributed by atoms with Crippen LogP contribution in [0.25, 0.3) is 11.7 Å². The molecular weight excluding hydrogens is 330 g/mol. The van der Waals surface area contributed by atoms with E-state index in [1.807, 2.05) is 12.1 Å². The minimum atomic E-state index is -0.431. The van der Waals surface area contributed by atoms with Gasteiger partial charge in [-0.2, -0.15) is 0 Å². The second-order valence-electron chi connectivity index (χ2n) is 4.80. The molecule has 0 fully saturated rings. The van der Waals surface area contributed by atoms with E-state index in [0.29, 0.717) is 22.4 Å². The predicted octanol–water partition coefficient (Wildman–Crippen LogP) is 3.46. The van der Waals surface area contributed by atoms with E-state index in [1.165, 1.54) is 18.0 Å². The maximum absolute atomic E-state index is 12.3. The van der Waals surface area contributed by atoms with Gasteiger partial charge in [0.25, 0.3) is 11.1 Å². The Morgan fingerprint density at radius 1 is 1.25 bits per heavy atom. The number of anilines is 1. The molecule has 0 bridgehead atoms. The lowest BCUT2D eigenvalue weighted by atomic mass is 10.3. The number of nitrogens with one attached hydrogen (secondary N) is 1. The SMILES string of the molecule is COc1ccccc1NC(=O)[C@@H](C)Sc1nnc(-c2ccco2)o1. The van der Waals surface area contributed by atoms with Crippen molar-refractivity contribution in [2.45, 2.75) is 17.4 Å². The summed E-state index contributed by atoms with van der Waals surface area (Å²) in [5, 5.41) is 10.5. The van der Waals surface area contributed by atoms with E-state index in [-0.39, 0.29) is 11.8 Å². The van der Waals surface area contributed by atoms with Crippen molar-refractivity contribution >= 4 is 23.4 Å². The third-order valence-corrected chi connectivity index (χ3v) is 4.08. The van der Waals surface area contributed by atoms with E-state index in [0.717, 1.165) is 0 Å². The quantitative estimate of drug-likeness (QED) is 0.684. The van der Waals surface area contributed by atoms with Crippen LogP contribution in [0.4, 0.5) is 5.69 Å². The number of aromatic nitrogens is 2. The summed E-state index contributed by atoms with van der Waals surface area (Å²) in [5.74, 6) is 1.17. The average molecular weight is 345 g/mol. The van der Waals surface area contributed by atoms with Crippen LogP contribution in [0.3, 0.4) is 0 Å². The van der Waals surface area contributed by atoms with Gasteiger partial charge in [-0.1, -0.05) is 23.9 Å². The van der Waals surface area contributed by atoms with Gasteiger partial charge in [-0.25, -0.2) is 0 Å². The van der Waals surface area contributed by atoms with Crippen molar-refractivity contribution < 1.29 is 18.4 Å². The molecule has 1 atom stereocenters. The van der Waals surface area contributed by atoms with Gasteiger partial charge in [0.2, 0.25) is 5.91 Å². The number of hydrogen-bond donors (Lipinski definition) is 1. The van der Waals surface area contributed by atoms with Crippen LogP contribution in [0.2, 0.25) is 0 Å². The zero-order chi connectivity index (χ0) is 16.9. The number of benzene rings is 1. The van der Waals surface area contributed by atoms with Crippen molar-refractivity contribution in [3.8, 4) is 17.4 Å². The Morgan fingerprint density at radius 2 is 2.08 bits per heavy atom. The summed E-state index contributed by atoms with van der Waals surface area (Å²) >= 11 is 1.17. The van der Waals surface area contributed by atoms with Gasteiger partial charge in [0.1, 0.15) is 5.75 Å². The highest BCUT2D eigenvalue weighted by atomic mass is 32.2. The number of nitrogens with zero attached hydrogens (tertiary/aromatic N) is 2. The fraction of sp³-hybridized carbons (Fsp3) is 0.188. The second-order valence-corrected chi connectivity index (χ2v) is 6.09. The number of para-hydroxylation sites is 2. The summed E-state index contributed by atoms with van der Waals surface area (Å²) in [6, 6.07) is 10.7. The lowest BCUT2D eigenvalue weighted by molar-refractivity contribution is -0.115. The fourth-order valence-corrected chi connectivity index (χ4v) is 2.63. The first-order valence-corrected chi connectivity index (χ1v) is 8.03. The molecule has 24 heavy (non-hydrogen) atoms. The van der Waals surface area contributed by atoms with E-state index in [2.05, 4.69) is 15.5 Å². The number of amides is 1. The zero-order valence-electron chi connectivity index (χ0n) is 13.1. The van der Waals surface area contributed by atoms with Crippen LogP contribution in [-0.2, 0) is 4.79 Å². The molecule has 0 aliphatic carbocycles. The molecule has 2 aromatic heterocycles. The van der Waals surface area contributed by atoms with Crippen LogP contribution < -0.4 is 10.1 Å². The number of rotatable bonds is 6. The number of hydrogen-bond acceptors (Lipinski definition) is 7. The summed E-state index contributed by atoms with van der Waals surface area (Å²) in [6.45, 7) is 1.76. The molecule has 7 nitrogen and oxygen atoms in total. The van der Waals surface area contributed by atoms with Crippen molar-refractivity contribution in [3.05, 3.63) is 42.7 Å². The van der Waals surface area contributed by atoms with Gasteiger partial charge in [-0.05, 0) is 31.2 Å². The number of carbonyl (C=O) groups excluding carboxylic acids is 1. The van der Waals surface area contributed by atoms with Gasteiger partial charge in [0.05, 0.1) is 24.3 Å². The molecule has 0 saturated carbocycles. The smallest absolute Gasteiger partial charge is 0.284 e. The average Bonchev–Trinajstić information content (AvgIpc) is 3.26. The lowest BCUT2D eigenvalue weighted by Crippen LogP contribution is -2.22. The van der Waals surface area contributed by atoms with Crippen LogP contribution in [0, 0.1) is 0 Å². The highest BCUT2D eigenvalue weighted by molar-refractivity contribution is 8.00. The Bertz CT molecular complexity index is 816. The van der Waals surface area contributed by atoms with Gasteiger partial charge in [-0.3, -0.25) is 4.79 Å². The molecule has 1 N–H and O–H groups in total. The van der Waals surface area contributed by atoms with E-state index in [1.54, 1.807) is 38.3 Å². The van der Waals surface area contributed by atoms with Crippen LogP contribution >= 0.6 is 11.8 Å². The van der Waals surface area contributed by atoms with Crippen molar-refractivity contribution in [1.29, 1.82) is 0 Å². The maximum atomic E-state index is 12.3. The van der Waals surface area contributed by atoms with Gasteiger partial charge < -0.3 is 18.9 Å². The summed E-state index contributed by atoms with van der Waals surface area (Å²) in [4.78, 5) is 12.3. The molecular formula is C16H15N3O4S. The monoisotopic (exact) mass is 345 g/mol. The third-order valence-electron chi connectivity index (χ3n) is 3.15. The van der Waals surface area contributed by atoms with Crippen LogP contribution in [0.5, 0.6) is 5.75 Å². The fourth-order valence-electron chi connectivity index (χ4n) is 1.94. The molecule has 0 saturated heterocycles. The third kappa shape index (κ3) is 3.60. The van der Waals surface area contributed by atoms with Crippen molar-refractivity contribution in [2.75, 3.05) is 12.4 Å².